The predicted molar refractivity (Wildman–Crippen MR) is 71.2 cm³/mol. The van der Waals surface area contributed by atoms with Gasteiger partial charge >= 0.3 is 5.97 Å². The van der Waals surface area contributed by atoms with Gasteiger partial charge in [-0.1, -0.05) is 13.8 Å². The number of rotatable bonds is 4. The Morgan fingerprint density at radius 3 is 2.00 bits per heavy atom. The summed E-state index contributed by atoms with van der Waals surface area (Å²) in [6.45, 7) is 4.64. The molecule has 0 aromatic rings. The minimum Gasteiger partial charge on any atom is -0.481 e. The van der Waals surface area contributed by atoms with E-state index in [-0.39, 0.29) is 5.41 Å². The van der Waals surface area contributed by atoms with Gasteiger partial charge in [0, 0.05) is 6.42 Å². The number of hydrogen-bond acceptors (Lipinski definition) is 1. The van der Waals surface area contributed by atoms with Crippen molar-refractivity contribution in [3.8, 4) is 0 Å². The lowest BCUT2D eigenvalue weighted by Gasteiger charge is -2.59. The van der Waals surface area contributed by atoms with Crippen molar-refractivity contribution in [3.05, 3.63) is 0 Å². The van der Waals surface area contributed by atoms with E-state index >= 15 is 0 Å². The maximum Gasteiger partial charge on any atom is 0.303 e. The summed E-state index contributed by atoms with van der Waals surface area (Å²) in [5, 5.41) is 8.93. The van der Waals surface area contributed by atoms with Gasteiger partial charge in [-0.3, -0.25) is 4.79 Å². The first-order valence-electron chi connectivity index (χ1n) is 7.67. The fraction of sp³-hybridized carbons (Fsp3) is 0.938. The molecule has 0 spiro atoms. The third-order valence-corrected chi connectivity index (χ3v) is 6.11. The fourth-order valence-electron chi connectivity index (χ4n) is 5.80. The summed E-state index contributed by atoms with van der Waals surface area (Å²) in [6.07, 6.45) is 8.45. The zero-order valence-corrected chi connectivity index (χ0v) is 11.7. The number of aliphatic carboxylic acids is 1. The lowest BCUT2D eigenvalue weighted by molar-refractivity contribution is -0.139. The van der Waals surface area contributed by atoms with Gasteiger partial charge in [0.25, 0.3) is 0 Å². The zero-order chi connectivity index (χ0) is 12.9. The summed E-state index contributed by atoms with van der Waals surface area (Å²) >= 11 is 0. The normalized spacial score (nSPS) is 42.2. The molecular formula is C16H26O2. The van der Waals surface area contributed by atoms with Crippen molar-refractivity contribution in [2.45, 2.75) is 58.8 Å². The van der Waals surface area contributed by atoms with Crippen molar-refractivity contribution in [2.75, 3.05) is 0 Å². The molecule has 0 radical (unpaired) electrons. The Labute approximate surface area is 110 Å². The van der Waals surface area contributed by atoms with Crippen molar-refractivity contribution in [2.24, 2.45) is 35.0 Å². The minimum absolute atomic E-state index is 0.223. The SMILES string of the molecule is CC(C)(CCC(=O)O)C1C2CC3CC(C2)CC1C3. The summed E-state index contributed by atoms with van der Waals surface area (Å²) in [4.78, 5) is 10.8. The molecule has 4 saturated carbocycles. The molecule has 0 heterocycles. The molecule has 0 aromatic carbocycles. The first-order chi connectivity index (χ1) is 8.45. The molecule has 0 atom stereocenters. The van der Waals surface area contributed by atoms with Gasteiger partial charge in [0.15, 0.2) is 0 Å². The average molecular weight is 250 g/mol. The quantitative estimate of drug-likeness (QED) is 0.820. The highest BCUT2D eigenvalue weighted by atomic mass is 16.4. The number of carboxylic acids is 1. The van der Waals surface area contributed by atoms with Crippen molar-refractivity contribution >= 4 is 5.97 Å². The van der Waals surface area contributed by atoms with Crippen LogP contribution in [0.4, 0.5) is 0 Å². The van der Waals surface area contributed by atoms with Crippen LogP contribution in [0, 0.1) is 35.0 Å². The van der Waals surface area contributed by atoms with Gasteiger partial charge in [-0.15, -0.1) is 0 Å². The van der Waals surface area contributed by atoms with Crippen LogP contribution in [0.25, 0.3) is 0 Å². The van der Waals surface area contributed by atoms with E-state index in [1.54, 1.807) is 0 Å². The fourth-order valence-corrected chi connectivity index (χ4v) is 5.80. The maximum atomic E-state index is 10.8. The minimum atomic E-state index is -0.633. The van der Waals surface area contributed by atoms with Crippen LogP contribution in [0.3, 0.4) is 0 Å². The number of carboxylic acid groups (broad SMARTS) is 1. The van der Waals surface area contributed by atoms with Gasteiger partial charge < -0.3 is 5.11 Å². The second-order valence-electron chi connectivity index (χ2n) is 7.84. The highest BCUT2D eigenvalue weighted by molar-refractivity contribution is 5.66. The van der Waals surface area contributed by atoms with Crippen LogP contribution in [-0.2, 0) is 4.79 Å². The Morgan fingerprint density at radius 2 is 1.56 bits per heavy atom. The van der Waals surface area contributed by atoms with E-state index in [9.17, 15) is 4.79 Å². The first-order valence-corrected chi connectivity index (χ1v) is 7.67. The van der Waals surface area contributed by atoms with E-state index in [1.165, 1.54) is 32.1 Å². The van der Waals surface area contributed by atoms with E-state index in [2.05, 4.69) is 13.8 Å². The Hall–Kier alpha value is -0.530. The molecule has 18 heavy (non-hydrogen) atoms. The summed E-state index contributed by atoms with van der Waals surface area (Å²) < 4.78 is 0. The molecule has 4 bridgehead atoms. The van der Waals surface area contributed by atoms with Crippen LogP contribution in [0.15, 0.2) is 0 Å². The average Bonchev–Trinajstić information content (AvgIpc) is 2.24. The summed E-state index contributed by atoms with van der Waals surface area (Å²) in [5.41, 5.74) is 0.223. The standard InChI is InChI=1S/C16H26O2/c1-16(2,4-3-14(17)18)15-12-6-10-5-11(8-12)9-13(15)7-10/h10-13,15H,3-9H2,1-2H3,(H,17,18). The van der Waals surface area contributed by atoms with E-state index in [4.69, 9.17) is 5.11 Å². The molecule has 1 N–H and O–H groups in total. The zero-order valence-electron chi connectivity index (χ0n) is 11.7. The molecule has 2 nitrogen and oxygen atoms in total. The Bertz CT molecular complexity index is 317. The van der Waals surface area contributed by atoms with E-state index in [0.29, 0.717) is 6.42 Å². The third kappa shape index (κ3) is 2.08. The number of hydrogen-bond donors (Lipinski definition) is 1. The molecule has 4 fully saturated rings. The van der Waals surface area contributed by atoms with Crippen molar-refractivity contribution < 1.29 is 9.90 Å². The highest BCUT2D eigenvalue weighted by Gasteiger charge is 2.52. The second kappa shape index (κ2) is 4.25. The van der Waals surface area contributed by atoms with E-state index in [0.717, 1.165) is 36.0 Å². The van der Waals surface area contributed by atoms with Gasteiger partial charge in [-0.2, -0.15) is 0 Å². The van der Waals surface area contributed by atoms with Crippen LogP contribution < -0.4 is 0 Å². The molecule has 0 saturated heterocycles. The molecule has 102 valence electrons. The molecule has 4 aliphatic rings. The first kappa shape index (κ1) is 12.5. The second-order valence-corrected chi connectivity index (χ2v) is 7.84. The van der Waals surface area contributed by atoms with Crippen LogP contribution in [0.2, 0.25) is 0 Å². The van der Waals surface area contributed by atoms with Crippen LogP contribution in [0.1, 0.15) is 58.8 Å². The third-order valence-electron chi connectivity index (χ3n) is 6.11. The van der Waals surface area contributed by atoms with E-state index < -0.39 is 5.97 Å². The van der Waals surface area contributed by atoms with Gasteiger partial charge in [-0.25, -0.2) is 0 Å². The maximum absolute atomic E-state index is 10.8. The molecule has 4 rings (SSSR count). The van der Waals surface area contributed by atoms with Crippen LogP contribution in [-0.4, -0.2) is 11.1 Å². The molecular weight excluding hydrogens is 224 g/mol. The monoisotopic (exact) mass is 250 g/mol. The molecule has 0 aliphatic heterocycles. The predicted octanol–water partition coefficient (Wildman–Crippen LogP) is 3.95. The molecule has 4 aliphatic carbocycles. The molecule has 2 heteroatoms. The van der Waals surface area contributed by atoms with Crippen molar-refractivity contribution in [1.82, 2.24) is 0 Å². The molecule has 0 amide bonds. The topological polar surface area (TPSA) is 37.3 Å². The molecule has 0 unspecified atom stereocenters. The summed E-state index contributed by atoms with van der Waals surface area (Å²) in [7, 11) is 0. The largest absolute Gasteiger partial charge is 0.481 e. The number of carbonyl (C=O) groups is 1. The Balaban J connectivity index is 1.73. The molecule has 0 aromatic heterocycles. The Kier molecular flexibility index (Phi) is 2.95. The van der Waals surface area contributed by atoms with Crippen LogP contribution in [0.5, 0.6) is 0 Å². The van der Waals surface area contributed by atoms with Crippen LogP contribution >= 0.6 is 0 Å². The van der Waals surface area contributed by atoms with Crippen molar-refractivity contribution in [3.63, 3.8) is 0 Å². The van der Waals surface area contributed by atoms with Gasteiger partial charge in [0.1, 0.15) is 0 Å². The lowest BCUT2D eigenvalue weighted by Crippen LogP contribution is -2.50. The van der Waals surface area contributed by atoms with Gasteiger partial charge in [0.2, 0.25) is 0 Å². The van der Waals surface area contributed by atoms with Gasteiger partial charge in [0.05, 0.1) is 0 Å². The Morgan fingerprint density at radius 1 is 1.06 bits per heavy atom. The summed E-state index contributed by atoms with van der Waals surface area (Å²) in [5.74, 6) is 4.00. The lowest BCUT2D eigenvalue weighted by atomic mass is 9.47. The summed E-state index contributed by atoms with van der Waals surface area (Å²) in [6, 6.07) is 0. The van der Waals surface area contributed by atoms with Crippen molar-refractivity contribution in [1.29, 1.82) is 0 Å². The van der Waals surface area contributed by atoms with Gasteiger partial charge in [-0.05, 0) is 73.5 Å². The van der Waals surface area contributed by atoms with E-state index in [1.807, 2.05) is 0 Å². The highest BCUT2D eigenvalue weighted by Crippen LogP contribution is 2.61. The smallest absolute Gasteiger partial charge is 0.303 e.